The molecule has 2 aromatic carbocycles. The minimum absolute atomic E-state index is 0.00116. The van der Waals surface area contributed by atoms with E-state index in [0.717, 1.165) is 18.4 Å². The number of amides is 1. The average molecular weight is 577 g/mol. The first-order valence-corrected chi connectivity index (χ1v) is 15.2. The molecule has 2 saturated heterocycles. The van der Waals surface area contributed by atoms with Gasteiger partial charge in [0.05, 0.1) is 30.8 Å². The summed E-state index contributed by atoms with van der Waals surface area (Å²) in [7, 11) is -2.43. The van der Waals surface area contributed by atoms with Crippen molar-refractivity contribution in [3.8, 4) is 5.75 Å². The summed E-state index contributed by atoms with van der Waals surface area (Å²) in [5.41, 5.74) is 0.880. The van der Waals surface area contributed by atoms with E-state index in [-0.39, 0.29) is 49.1 Å². The van der Waals surface area contributed by atoms with Gasteiger partial charge in [-0.1, -0.05) is 44.2 Å². The van der Waals surface area contributed by atoms with Crippen molar-refractivity contribution in [2.45, 2.75) is 62.5 Å². The summed E-state index contributed by atoms with van der Waals surface area (Å²) >= 11 is 0. The summed E-state index contributed by atoms with van der Waals surface area (Å²) in [5.74, 6) is 0.505. The largest absolute Gasteiger partial charge is 0.497 e. The molecule has 2 fully saturated rings. The minimum atomic E-state index is -3.94. The van der Waals surface area contributed by atoms with E-state index in [9.17, 15) is 18.3 Å². The third-order valence-electron chi connectivity index (χ3n) is 7.20. The summed E-state index contributed by atoms with van der Waals surface area (Å²) < 4.78 is 50.6. The van der Waals surface area contributed by atoms with Gasteiger partial charge >= 0.3 is 6.09 Å². The number of nitrogens with zero attached hydrogens (tertiary/aromatic N) is 1. The van der Waals surface area contributed by atoms with Crippen LogP contribution < -0.4 is 10.1 Å². The monoisotopic (exact) mass is 576 g/mol. The molecule has 4 rings (SSSR count). The fourth-order valence-electron chi connectivity index (χ4n) is 5.13. The van der Waals surface area contributed by atoms with Crippen molar-refractivity contribution < 1.29 is 37.3 Å². The van der Waals surface area contributed by atoms with Crippen LogP contribution in [0.15, 0.2) is 59.5 Å². The molecule has 2 aromatic rings. The lowest BCUT2D eigenvalue weighted by atomic mass is 9.97. The van der Waals surface area contributed by atoms with E-state index >= 15 is 0 Å². The van der Waals surface area contributed by atoms with Crippen LogP contribution in [0.4, 0.5) is 4.79 Å². The predicted molar refractivity (Wildman–Crippen MR) is 148 cm³/mol. The van der Waals surface area contributed by atoms with Gasteiger partial charge in [0, 0.05) is 25.6 Å². The third kappa shape index (κ3) is 7.73. The topological polar surface area (TPSA) is 124 Å². The maximum absolute atomic E-state index is 13.6. The molecule has 0 aliphatic carbocycles. The van der Waals surface area contributed by atoms with Gasteiger partial charge in [-0.2, -0.15) is 4.31 Å². The van der Waals surface area contributed by atoms with Crippen LogP contribution in [-0.4, -0.2) is 81.9 Å². The molecule has 2 heterocycles. The predicted octanol–water partition coefficient (Wildman–Crippen LogP) is 3.19. The Labute approximate surface area is 236 Å². The van der Waals surface area contributed by atoms with Gasteiger partial charge in [-0.25, -0.2) is 13.2 Å². The van der Waals surface area contributed by atoms with Crippen molar-refractivity contribution in [2.75, 3.05) is 33.4 Å². The quantitative estimate of drug-likeness (QED) is 0.395. The first-order chi connectivity index (χ1) is 19.2. The molecule has 11 heteroatoms. The highest BCUT2D eigenvalue weighted by Gasteiger charge is 2.42. The number of benzene rings is 2. The van der Waals surface area contributed by atoms with Crippen LogP contribution in [0.1, 0.15) is 32.3 Å². The summed E-state index contributed by atoms with van der Waals surface area (Å²) in [6.07, 6.45) is -0.733. The fraction of sp³-hybridized carbons (Fsp3) is 0.552. The molecule has 0 saturated carbocycles. The highest BCUT2D eigenvalue weighted by molar-refractivity contribution is 7.89. The van der Waals surface area contributed by atoms with Gasteiger partial charge in [-0.15, -0.1) is 0 Å². The number of methoxy groups -OCH3 is 1. The molecule has 0 bridgehead atoms. The number of rotatable bonds is 12. The van der Waals surface area contributed by atoms with Crippen LogP contribution in [0, 0.1) is 11.8 Å². The van der Waals surface area contributed by atoms with E-state index in [1.165, 1.54) is 23.5 Å². The maximum atomic E-state index is 13.6. The summed E-state index contributed by atoms with van der Waals surface area (Å²) in [5, 5.41) is 14.2. The van der Waals surface area contributed by atoms with E-state index in [4.69, 9.17) is 18.9 Å². The summed E-state index contributed by atoms with van der Waals surface area (Å²) in [4.78, 5) is 13.1. The Hall–Kier alpha value is -2.70. The van der Waals surface area contributed by atoms with Gasteiger partial charge in [-0.3, -0.25) is 0 Å². The summed E-state index contributed by atoms with van der Waals surface area (Å²) in [6, 6.07) is 14.7. The Morgan fingerprint density at radius 2 is 1.82 bits per heavy atom. The van der Waals surface area contributed by atoms with Crippen LogP contribution in [0.25, 0.3) is 0 Å². The zero-order chi connectivity index (χ0) is 28.7. The van der Waals surface area contributed by atoms with Crippen LogP contribution in [0.2, 0.25) is 0 Å². The zero-order valence-electron chi connectivity index (χ0n) is 23.3. The average Bonchev–Trinajstić information content (AvgIpc) is 3.35. The van der Waals surface area contributed by atoms with Gasteiger partial charge in [-0.05, 0) is 55.0 Å². The van der Waals surface area contributed by atoms with Gasteiger partial charge < -0.3 is 29.4 Å². The molecule has 40 heavy (non-hydrogen) atoms. The molecular weight excluding hydrogens is 536 g/mol. The minimum Gasteiger partial charge on any atom is -0.497 e. The van der Waals surface area contributed by atoms with Crippen LogP contribution >= 0.6 is 0 Å². The van der Waals surface area contributed by atoms with Gasteiger partial charge in [0.25, 0.3) is 0 Å². The number of nitrogens with one attached hydrogen (secondary N) is 1. The second-order valence-corrected chi connectivity index (χ2v) is 12.7. The summed E-state index contributed by atoms with van der Waals surface area (Å²) in [6.45, 7) is 4.66. The first-order valence-electron chi connectivity index (χ1n) is 13.7. The first kappa shape index (κ1) is 30.3. The molecule has 2 aliphatic heterocycles. The standard InChI is InChI=1S/C29H40N2O8S/c1-20(2)17-31(40(34,35)23-13-11-22(36-3)12-14-23)18-26(32)25(16-21-8-5-4-6-9-21)30-29(33)39-27-19-38-28-24(27)10-7-15-37-28/h4-6,8-9,11-14,20,24-28,32H,7,10,15-19H2,1-3H3,(H,30,33)/t24-,25+,26-,27+,28+/m1/s1. The Morgan fingerprint density at radius 1 is 1.10 bits per heavy atom. The van der Waals surface area contributed by atoms with E-state index in [2.05, 4.69) is 5.32 Å². The van der Waals surface area contributed by atoms with Gasteiger partial charge in [0.1, 0.15) is 11.9 Å². The number of hydrogen-bond donors (Lipinski definition) is 2. The van der Waals surface area contributed by atoms with E-state index in [0.29, 0.717) is 12.4 Å². The Morgan fingerprint density at radius 3 is 2.50 bits per heavy atom. The van der Waals surface area contributed by atoms with Crippen molar-refractivity contribution in [1.29, 1.82) is 0 Å². The molecule has 2 aliphatic rings. The van der Waals surface area contributed by atoms with Crippen LogP contribution in [-0.2, 0) is 30.7 Å². The molecule has 0 aromatic heterocycles. The molecular formula is C29H40N2O8S. The highest BCUT2D eigenvalue weighted by Crippen LogP contribution is 2.32. The van der Waals surface area contributed by atoms with Crippen molar-refractivity contribution >= 4 is 16.1 Å². The molecule has 2 N–H and O–H groups in total. The number of aliphatic hydroxyl groups is 1. The normalized spacial score (nSPS) is 22.5. The lowest BCUT2D eigenvalue weighted by Crippen LogP contribution is -2.51. The molecule has 0 unspecified atom stereocenters. The maximum Gasteiger partial charge on any atom is 0.407 e. The molecule has 5 atom stereocenters. The van der Waals surface area contributed by atoms with Gasteiger partial charge in [0.15, 0.2) is 6.29 Å². The number of carbonyl (C=O) groups is 1. The van der Waals surface area contributed by atoms with Crippen molar-refractivity contribution in [3.63, 3.8) is 0 Å². The zero-order valence-corrected chi connectivity index (χ0v) is 24.1. The molecule has 1 amide bonds. The number of sulfonamides is 1. The lowest BCUT2D eigenvalue weighted by molar-refractivity contribution is -0.152. The third-order valence-corrected chi connectivity index (χ3v) is 9.04. The smallest absolute Gasteiger partial charge is 0.407 e. The fourth-order valence-corrected chi connectivity index (χ4v) is 6.75. The molecule has 220 valence electrons. The van der Waals surface area contributed by atoms with Crippen LogP contribution in [0.3, 0.4) is 0 Å². The molecule has 10 nitrogen and oxygen atoms in total. The Bertz CT molecular complexity index is 1190. The lowest BCUT2D eigenvalue weighted by Gasteiger charge is -2.31. The van der Waals surface area contributed by atoms with E-state index < -0.39 is 34.4 Å². The number of carbonyl (C=O) groups excluding carboxylic acids is 1. The van der Waals surface area contributed by atoms with Crippen molar-refractivity contribution in [3.05, 3.63) is 60.2 Å². The van der Waals surface area contributed by atoms with Crippen molar-refractivity contribution in [2.24, 2.45) is 11.8 Å². The van der Waals surface area contributed by atoms with E-state index in [1.807, 2.05) is 44.2 Å². The number of ether oxygens (including phenoxy) is 4. The number of alkyl carbamates (subject to hydrolysis) is 1. The second-order valence-electron chi connectivity index (χ2n) is 10.7. The SMILES string of the molecule is COc1ccc(S(=O)(=O)N(CC(C)C)C[C@@H](O)[C@H](Cc2ccccc2)NC(=O)O[C@H]2CO[C@@H]3OCCC[C@@H]32)cc1. The Kier molecular flexibility index (Phi) is 10.4. The highest BCUT2D eigenvalue weighted by atomic mass is 32.2. The number of aliphatic hydroxyl groups excluding tert-OH is 1. The second kappa shape index (κ2) is 13.8. The number of hydrogen-bond acceptors (Lipinski definition) is 8. The molecule has 0 radical (unpaired) electrons. The number of fused-ring (bicyclic) bond motifs is 1. The Balaban J connectivity index is 1.50. The van der Waals surface area contributed by atoms with E-state index in [1.54, 1.807) is 12.1 Å². The van der Waals surface area contributed by atoms with Crippen molar-refractivity contribution in [1.82, 2.24) is 9.62 Å². The van der Waals surface area contributed by atoms with Gasteiger partial charge in [0.2, 0.25) is 10.0 Å². The molecule has 0 spiro atoms. The van der Waals surface area contributed by atoms with Crippen LogP contribution in [0.5, 0.6) is 5.75 Å².